The monoisotopic (exact) mass is 200 g/mol. The maximum absolute atomic E-state index is 10.6. The van der Waals surface area contributed by atoms with Gasteiger partial charge in [-0.2, -0.15) is 0 Å². The molecule has 0 radical (unpaired) electrons. The van der Waals surface area contributed by atoms with Crippen molar-refractivity contribution in [2.75, 3.05) is 19.8 Å². The number of hydrogen-bond donors (Lipinski definition) is 2. The van der Waals surface area contributed by atoms with E-state index >= 15 is 0 Å². The summed E-state index contributed by atoms with van der Waals surface area (Å²) in [6, 6.07) is -0.440. The zero-order valence-electron chi connectivity index (χ0n) is 9.01. The second kappa shape index (κ2) is 4.64. The Morgan fingerprint density at radius 2 is 2.07 bits per heavy atom. The van der Waals surface area contributed by atoms with Gasteiger partial charge in [-0.25, -0.2) is 4.79 Å². The molecule has 3 N–H and O–H groups in total. The average molecular weight is 200 g/mol. The molecule has 4 heteroatoms. The Kier molecular flexibility index (Phi) is 3.75. The highest BCUT2D eigenvalue weighted by Crippen LogP contribution is 2.33. The summed E-state index contributed by atoms with van der Waals surface area (Å²) >= 11 is 0. The molecule has 0 unspecified atom stereocenters. The first kappa shape index (κ1) is 11.3. The maximum atomic E-state index is 10.6. The number of ether oxygens (including phenoxy) is 1. The van der Waals surface area contributed by atoms with Gasteiger partial charge in [0.2, 0.25) is 0 Å². The third-order valence-electron chi connectivity index (χ3n) is 3.04. The molecule has 1 aliphatic rings. The molecule has 1 heterocycles. The fourth-order valence-electron chi connectivity index (χ4n) is 1.94. The van der Waals surface area contributed by atoms with Crippen molar-refractivity contribution >= 4 is 6.03 Å². The number of primary amides is 1. The maximum Gasteiger partial charge on any atom is 0.312 e. The van der Waals surface area contributed by atoms with Crippen LogP contribution in [0.4, 0.5) is 4.79 Å². The number of nitrogens with one attached hydrogen (secondary N) is 1. The van der Waals surface area contributed by atoms with E-state index in [-0.39, 0.29) is 5.41 Å². The summed E-state index contributed by atoms with van der Waals surface area (Å²) in [5.74, 6) is 0.614. The van der Waals surface area contributed by atoms with Gasteiger partial charge < -0.3 is 15.8 Å². The lowest BCUT2D eigenvalue weighted by atomic mass is 9.74. The summed E-state index contributed by atoms with van der Waals surface area (Å²) in [6.07, 6.45) is 2.15. The van der Waals surface area contributed by atoms with Crippen LogP contribution in [0.2, 0.25) is 0 Å². The lowest BCUT2D eigenvalue weighted by Gasteiger charge is -2.36. The molecule has 0 bridgehead atoms. The number of hydrogen-bond acceptors (Lipinski definition) is 2. The van der Waals surface area contributed by atoms with Gasteiger partial charge in [-0.1, -0.05) is 13.8 Å². The Balaban J connectivity index is 2.41. The van der Waals surface area contributed by atoms with Crippen LogP contribution in [0, 0.1) is 11.3 Å². The molecule has 1 saturated heterocycles. The molecule has 0 aliphatic carbocycles. The van der Waals surface area contributed by atoms with Gasteiger partial charge in [0.25, 0.3) is 0 Å². The molecule has 0 aromatic carbocycles. The third-order valence-corrected chi connectivity index (χ3v) is 3.04. The molecular formula is C10H20N2O2. The minimum Gasteiger partial charge on any atom is -0.381 e. The Bertz CT molecular complexity index is 198. The molecule has 14 heavy (non-hydrogen) atoms. The predicted molar refractivity (Wildman–Crippen MR) is 54.9 cm³/mol. The highest BCUT2D eigenvalue weighted by atomic mass is 16.5. The first-order valence-electron chi connectivity index (χ1n) is 5.13. The van der Waals surface area contributed by atoms with Crippen molar-refractivity contribution in [3.63, 3.8) is 0 Å². The molecule has 1 fully saturated rings. The van der Waals surface area contributed by atoms with Crippen molar-refractivity contribution in [2.24, 2.45) is 17.1 Å². The SMILES string of the molecule is CC(C)(CNC(N)=O)C1CCOCC1. The molecule has 0 atom stereocenters. The van der Waals surface area contributed by atoms with Crippen LogP contribution < -0.4 is 11.1 Å². The van der Waals surface area contributed by atoms with Crippen LogP contribution >= 0.6 is 0 Å². The molecule has 1 rings (SSSR count). The van der Waals surface area contributed by atoms with E-state index in [1.54, 1.807) is 0 Å². The van der Waals surface area contributed by atoms with Gasteiger partial charge >= 0.3 is 6.03 Å². The number of carbonyl (C=O) groups is 1. The van der Waals surface area contributed by atoms with Crippen LogP contribution in [0.25, 0.3) is 0 Å². The van der Waals surface area contributed by atoms with E-state index < -0.39 is 6.03 Å². The quantitative estimate of drug-likeness (QED) is 0.716. The van der Waals surface area contributed by atoms with Crippen molar-refractivity contribution in [3.05, 3.63) is 0 Å². The lowest BCUT2D eigenvalue weighted by Crippen LogP contribution is -2.42. The van der Waals surface area contributed by atoms with Crippen molar-refractivity contribution in [2.45, 2.75) is 26.7 Å². The highest BCUT2D eigenvalue weighted by molar-refractivity contribution is 5.71. The van der Waals surface area contributed by atoms with E-state index in [2.05, 4.69) is 19.2 Å². The van der Waals surface area contributed by atoms with Gasteiger partial charge in [0.15, 0.2) is 0 Å². The number of urea groups is 1. The van der Waals surface area contributed by atoms with E-state index in [1.807, 2.05) is 0 Å². The van der Waals surface area contributed by atoms with Gasteiger partial charge in [-0.3, -0.25) is 0 Å². The van der Waals surface area contributed by atoms with Gasteiger partial charge in [0.1, 0.15) is 0 Å². The second-order valence-corrected chi connectivity index (χ2v) is 4.59. The summed E-state index contributed by atoms with van der Waals surface area (Å²) in [7, 11) is 0. The summed E-state index contributed by atoms with van der Waals surface area (Å²) in [5.41, 5.74) is 5.16. The number of amides is 2. The largest absolute Gasteiger partial charge is 0.381 e. The fourth-order valence-corrected chi connectivity index (χ4v) is 1.94. The van der Waals surface area contributed by atoms with Crippen molar-refractivity contribution in [1.82, 2.24) is 5.32 Å². The average Bonchev–Trinajstić information content (AvgIpc) is 2.16. The van der Waals surface area contributed by atoms with E-state index in [9.17, 15) is 4.79 Å². The summed E-state index contributed by atoms with van der Waals surface area (Å²) in [6.45, 7) is 6.65. The second-order valence-electron chi connectivity index (χ2n) is 4.59. The molecule has 1 aliphatic heterocycles. The standard InChI is InChI=1S/C10H20N2O2/c1-10(2,7-12-9(11)13)8-3-5-14-6-4-8/h8H,3-7H2,1-2H3,(H3,11,12,13). The lowest BCUT2D eigenvalue weighted by molar-refractivity contribution is 0.0237. The van der Waals surface area contributed by atoms with Crippen LogP contribution in [-0.4, -0.2) is 25.8 Å². The van der Waals surface area contributed by atoms with Gasteiger partial charge in [-0.15, -0.1) is 0 Å². The van der Waals surface area contributed by atoms with Crippen LogP contribution in [0.5, 0.6) is 0 Å². The molecule has 0 aromatic rings. The van der Waals surface area contributed by atoms with E-state index in [0.29, 0.717) is 12.5 Å². The van der Waals surface area contributed by atoms with Crippen LogP contribution in [0.1, 0.15) is 26.7 Å². The van der Waals surface area contributed by atoms with E-state index in [1.165, 1.54) is 0 Å². The predicted octanol–water partition coefficient (Wildman–Crippen LogP) is 1.11. The first-order valence-corrected chi connectivity index (χ1v) is 5.13. The van der Waals surface area contributed by atoms with Crippen LogP contribution in [-0.2, 0) is 4.74 Å². The minimum absolute atomic E-state index is 0.110. The third kappa shape index (κ3) is 3.18. The Morgan fingerprint density at radius 3 is 2.57 bits per heavy atom. The molecule has 2 amide bonds. The zero-order valence-corrected chi connectivity index (χ0v) is 9.01. The van der Waals surface area contributed by atoms with Crippen molar-refractivity contribution < 1.29 is 9.53 Å². The summed E-state index contributed by atoms with van der Waals surface area (Å²) < 4.78 is 5.31. The van der Waals surface area contributed by atoms with E-state index in [4.69, 9.17) is 10.5 Å². The molecule has 0 saturated carbocycles. The van der Waals surface area contributed by atoms with E-state index in [0.717, 1.165) is 26.1 Å². The summed E-state index contributed by atoms with van der Waals surface area (Å²) in [5, 5.41) is 2.68. The van der Waals surface area contributed by atoms with Gasteiger partial charge in [0.05, 0.1) is 0 Å². The van der Waals surface area contributed by atoms with Crippen molar-refractivity contribution in [1.29, 1.82) is 0 Å². The normalized spacial score (nSPS) is 19.3. The summed E-state index contributed by atoms with van der Waals surface area (Å²) in [4.78, 5) is 10.6. The van der Waals surface area contributed by atoms with Crippen molar-refractivity contribution in [3.8, 4) is 0 Å². The Morgan fingerprint density at radius 1 is 1.50 bits per heavy atom. The Labute approximate surface area is 85.2 Å². The highest BCUT2D eigenvalue weighted by Gasteiger charge is 2.30. The number of nitrogens with two attached hydrogens (primary N) is 1. The molecule has 4 nitrogen and oxygen atoms in total. The first-order chi connectivity index (χ1) is 6.52. The smallest absolute Gasteiger partial charge is 0.312 e. The molecule has 0 spiro atoms. The molecule has 82 valence electrons. The zero-order chi connectivity index (χ0) is 10.6. The van der Waals surface area contributed by atoms with Crippen LogP contribution in [0.15, 0.2) is 0 Å². The van der Waals surface area contributed by atoms with Crippen LogP contribution in [0.3, 0.4) is 0 Å². The minimum atomic E-state index is -0.440. The Hall–Kier alpha value is -0.770. The topological polar surface area (TPSA) is 64.3 Å². The van der Waals surface area contributed by atoms with Gasteiger partial charge in [-0.05, 0) is 24.2 Å². The fraction of sp³-hybridized carbons (Fsp3) is 0.900. The molecule has 0 aromatic heterocycles. The molecular weight excluding hydrogens is 180 g/mol. The number of carbonyl (C=O) groups excluding carboxylic acids is 1. The van der Waals surface area contributed by atoms with Gasteiger partial charge in [0, 0.05) is 19.8 Å². The number of rotatable bonds is 3.